The number of benzene rings is 1. The number of nitrogens with zero attached hydrogens (tertiary/aromatic N) is 2. The zero-order chi connectivity index (χ0) is 15.1. The lowest BCUT2D eigenvalue weighted by Crippen LogP contribution is -2.29. The average molecular weight is 320 g/mol. The van der Waals surface area contributed by atoms with E-state index >= 15 is 0 Å². The summed E-state index contributed by atoms with van der Waals surface area (Å²) in [6.45, 7) is 6.25. The van der Waals surface area contributed by atoms with Crippen LogP contribution < -0.4 is 5.73 Å². The minimum absolute atomic E-state index is 0.0290. The van der Waals surface area contributed by atoms with Crippen LogP contribution >= 0.6 is 22.9 Å². The Morgan fingerprint density at radius 1 is 1.24 bits per heavy atom. The third-order valence-electron chi connectivity index (χ3n) is 3.87. The number of aromatic nitrogens is 2. The minimum atomic E-state index is -0.0290. The fourth-order valence-electron chi connectivity index (χ4n) is 2.64. The Kier molecular flexibility index (Phi) is 3.78. The van der Waals surface area contributed by atoms with E-state index in [1.807, 2.05) is 25.4 Å². The van der Waals surface area contributed by atoms with E-state index < -0.39 is 0 Å². The van der Waals surface area contributed by atoms with Gasteiger partial charge in [-0.15, -0.1) is 11.3 Å². The summed E-state index contributed by atoms with van der Waals surface area (Å²) in [6.07, 6.45) is 1.88. The number of fused-ring (bicyclic) bond motifs is 1. The molecule has 3 aromatic rings. The van der Waals surface area contributed by atoms with E-state index in [9.17, 15) is 0 Å². The smallest absolute Gasteiger partial charge is 0.0964 e. The lowest BCUT2D eigenvalue weighted by molar-refractivity contribution is 0.514. The van der Waals surface area contributed by atoms with Crippen LogP contribution in [-0.4, -0.2) is 15.6 Å². The van der Waals surface area contributed by atoms with Gasteiger partial charge in [0.1, 0.15) is 0 Å². The molecule has 0 amide bonds. The molecule has 21 heavy (non-hydrogen) atoms. The van der Waals surface area contributed by atoms with Crippen molar-refractivity contribution in [3.05, 3.63) is 50.9 Å². The summed E-state index contributed by atoms with van der Waals surface area (Å²) in [5, 5.41) is 0. The van der Waals surface area contributed by atoms with Gasteiger partial charge < -0.3 is 10.3 Å². The molecule has 5 heteroatoms. The molecule has 2 unspecified atom stereocenters. The van der Waals surface area contributed by atoms with E-state index in [1.54, 1.807) is 11.3 Å². The van der Waals surface area contributed by atoms with Gasteiger partial charge in [-0.3, -0.25) is 0 Å². The molecule has 0 fully saturated rings. The molecule has 3 rings (SSSR count). The van der Waals surface area contributed by atoms with Crippen molar-refractivity contribution in [3.63, 3.8) is 0 Å². The van der Waals surface area contributed by atoms with Crippen molar-refractivity contribution >= 4 is 34.0 Å². The molecule has 0 spiro atoms. The zero-order valence-corrected chi connectivity index (χ0v) is 13.9. The van der Waals surface area contributed by atoms with Gasteiger partial charge in [-0.2, -0.15) is 0 Å². The molecule has 0 saturated carbocycles. The lowest BCUT2D eigenvalue weighted by atomic mass is 10.1. The first-order valence-electron chi connectivity index (χ1n) is 6.92. The summed E-state index contributed by atoms with van der Waals surface area (Å²) >= 11 is 7.66. The van der Waals surface area contributed by atoms with E-state index in [1.165, 1.54) is 11.1 Å². The monoisotopic (exact) mass is 319 g/mol. The number of rotatable bonds is 3. The quantitative estimate of drug-likeness (QED) is 0.782. The molecule has 0 saturated heterocycles. The van der Waals surface area contributed by atoms with Crippen LogP contribution in [0.1, 0.15) is 29.0 Å². The second kappa shape index (κ2) is 5.44. The van der Waals surface area contributed by atoms with Crippen LogP contribution in [0, 0.1) is 13.8 Å². The summed E-state index contributed by atoms with van der Waals surface area (Å²) in [6, 6.07) is 8.30. The molecular weight excluding hydrogens is 302 g/mol. The Hall–Kier alpha value is -1.36. The number of halogens is 1. The van der Waals surface area contributed by atoms with Gasteiger partial charge in [0, 0.05) is 10.9 Å². The number of hydrogen-bond acceptors (Lipinski definition) is 3. The first kappa shape index (κ1) is 14.6. The normalized spacial score (nSPS) is 14.5. The minimum Gasteiger partial charge on any atom is -0.326 e. The van der Waals surface area contributed by atoms with Gasteiger partial charge in [0.05, 0.1) is 27.7 Å². The highest BCUT2D eigenvalue weighted by Gasteiger charge is 2.22. The molecule has 0 aliphatic rings. The molecule has 0 aliphatic carbocycles. The highest BCUT2D eigenvalue weighted by atomic mass is 35.5. The van der Waals surface area contributed by atoms with E-state index in [4.69, 9.17) is 17.3 Å². The first-order valence-corrected chi connectivity index (χ1v) is 8.11. The number of imidazole rings is 1. The molecule has 2 N–H and O–H groups in total. The van der Waals surface area contributed by atoms with Gasteiger partial charge in [-0.05, 0) is 56.2 Å². The zero-order valence-electron chi connectivity index (χ0n) is 12.3. The van der Waals surface area contributed by atoms with Crippen LogP contribution in [-0.2, 0) is 0 Å². The number of thiophene rings is 1. The number of aryl methyl sites for hydroxylation is 2. The van der Waals surface area contributed by atoms with Gasteiger partial charge in [-0.1, -0.05) is 11.6 Å². The summed E-state index contributed by atoms with van der Waals surface area (Å²) in [7, 11) is 0. The topological polar surface area (TPSA) is 43.8 Å². The summed E-state index contributed by atoms with van der Waals surface area (Å²) in [5.74, 6) is 0. The SMILES string of the molecule is Cc1cc2ncn(C(c3ccc(Cl)s3)C(C)N)c2cc1C. The molecule has 0 bridgehead atoms. The highest BCUT2D eigenvalue weighted by molar-refractivity contribution is 7.16. The number of hydrogen-bond donors (Lipinski definition) is 1. The van der Waals surface area contributed by atoms with Crippen molar-refractivity contribution < 1.29 is 0 Å². The fourth-order valence-corrected chi connectivity index (χ4v) is 3.92. The third-order valence-corrected chi connectivity index (χ3v) is 5.18. The van der Waals surface area contributed by atoms with Crippen molar-refractivity contribution in [2.45, 2.75) is 32.9 Å². The van der Waals surface area contributed by atoms with Crippen LogP contribution in [0.2, 0.25) is 4.34 Å². The maximum absolute atomic E-state index is 6.24. The van der Waals surface area contributed by atoms with Gasteiger partial charge >= 0.3 is 0 Å². The maximum atomic E-state index is 6.24. The molecule has 3 nitrogen and oxygen atoms in total. The predicted molar refractivity (Wildman–Crippen MR) is 90.3 cm³/mol. The molecule has 0 aliphatic heterocycles. The Morgan fingerprint density at radius 2 is 1.95 bits per heavy atom. The molecular formula is C16H18ClN3S. The van der Waals surface area contributed by atoms with Crippen LogP contribution in [0.25, 0.3) is 11.0 Å². The molecule has 2 aromatic heterocycles. The second-order valence-corrected chi connectivity index (χ2v) is 7.27. The van der Waals surface area contributed by atoms with Crippen molar-refractivity contribution in [1.29, 1.82) is 0 Å². The first-order chi connectivity index (χ1) is 9.97. The Bertz CT molecular complexity index is 788. The lowest BCUT2D eigenvalue weighted by Gasteiger charge is -2.22. The Labute approximate surface area is 133 Å². The Morgan fingerprint density at radius 3 is 2.57 bits per heavy atom. The van der Waals surface area contributed by atoms with Crippen LogP contribution in [0.3, 0.4) is 0 Å². The number of nitrogens with two attached hydrogens (primary N) is 1. The molecule has 0 radical (unpaired) electrons. The summed E-state index contributed by atoms with van der Waals surface area (Å²) in [5.41, 5.74) is 10.9. The van der Waals surface area contributed by atoms with E-state index in [2.05, 4.69) is 35.5 Å². The maximum Gasteiger partial charge on any atom is 0.0964 e. The highest BCUT2D eigenvalue weighted by Crippen LogP contribution is 2.33. The van der Waals surface area contributed by atoms with Gasteiger partial charge in [-0.25, -0.2) is 4.98 Å². The standard InChI is InChI=1S/C16H18ClN3S/c1-9-6-12-13(7-10(9)2)20(8-19-12)16(11(3)18)14-4-5-15(17)21-14/h4-8,11,16H,18H2,1-3H3. The second-order valence-electron chi connectivity index (χ2n) is 5.52. The average Bonchev–Trinajstić information content (AvgIpc) is 2.99. The Balaban J connectivity index is 2.18. The van der Waals surface area contributed by atoms with E-state index in [0.717, 1.165) is 20.2 Å². The third kappa shape index (κ3) is 2.59. The summed E-state index contributed by atoms with van der Waals surface area (Å²) in [4.78, 5) is 5.70. The predicted octanol–water partition coefficient (Wildman–Crippen LogP) is 4.30. The van der Waals surface area contributed by atoms with Crippen molar-refractivity contribution in [3.8, 4) is 0 Å². The molecule has 110 valence electrons. The molecule has 2 heterocycles. The van der Waals surface area contributed by atoms with Crippen molar-refractivity contribution in [2.24, 2.45) is 5.73 Å². The van der Waals surface area contributed by atoms with Crippen molar-refractivity contribution in [2.75, 3.05) is 0 Å². The summed E-state index contributed by atoms with van der Waals surface area (Å²) < 4.78 is 2.95. The van der Waals surface area contributed by atoms with Crippen LogP contribution in [0.5, 0.6) is 0 Å². The van der Waals surface area contributed by atoms with Crippen LogP contribution in [0.15, 0.2) is 30.6 Å². The molecule has 1 aromatic carbocycles. The molecule has 2 atom stereocenters. The van der Waals surface area contributed by atoms with E-state index in [-0.39, 0.29) is 12.1 Å². The largest absolute Gasteiger partial charge is 0.326 e. The fraction of sp³-hybridized carbons (Fsp3) is 0.312. The van der Waals surface area contributed by atoms with E-state index in [0.29, 0.717) is 0 Å². The van der Waals surface area contributed by atoms with Gasteiger partial charge in [0.25, 0.3) is 0 Å². The van der Waals surface area contributed by atoms with Crippen LogP contribution in [0.4, 0.5) is 0 Å². The van der Waals surface area contributed by atoms with Crippen molar-refractivity contribution in [1.82, 2.24) is 9.55 Å². The van der Waals surface area contributed by atoms with Gasteiger partial charge in [0.15, 0.2) is 0 Å². The van der Waals surface area contributed by atoms with Gasteiger partial charge in [0.2, 0.25) is 0 Å².